The zero-order valence-electron chi connectivity index (χ0n) is 7.79. The van der Waals surface area contributed by atoms with Crippen LogP contribution in [-0.4, -0.2) is 4.98 Å². The highest BCUT2D eigenvalue weighted by atomic mass is 16.1. The van der Waals surface area contributed by atoms with Gasteiger partial charge in [-0.25, -0.2) is 0 Å². The molecule has 0 bridgehead atoms. The van der Waals surface area contributed by atoms with Crippen LogP contribution in [-0.2, 0) is 0 Å². The Bertz CT molecular complexity index is 537. The van der Waals surface area contributed by atoms with Gasteiger partial charge in [0.1, 0.15) is 0 Å². The van der Waals surface area contributed by atoms with Crippen LogP contribution in [0.15, 0.2) is 35.3 Å². The van der Waals surface area contributed by atoms with Crippen LogP contribution < -0.4 is 5.56 Å². The van der Waals surface area contributed by atoms with Gasteiger partial charge in [-0.1, -0.05) is 12.1 Å². The fourth-order valence-electron chi connectivity index (χ4n) is 1.87. The summed E-state index contributed by atoms with van der Waals surface area (Å²) in [7, 11) is 0. The molecule has 2 aromatic rings. The van der Waals surface area contributed by atoms with Crippen molar-refractivity contribution in [3.63, 3.8) is 0 Å². The van der Waals surface area contributed by atoms with E-state index >= 15 is 0 Å². The van der Waals surface area contributed by atoms with Gasteiger partial charge < -0.3 is 4.98 Å². The van der Waals surface area contributed by atoms with Crippen molar-refractivity contribution in [1.82, 2.24) is 4.98 Å². The summed E-state index contributed by atoms with van der Waals surface area (Å²) in [6.07, 6.45) is 4.24. The third-order valence-electron chi connectivity index (χ3n) is 2.85. The molecule has 2 nitrogen and oxygen atoms in total. The first-order valence-electron chi connectivity index (χ1n) is 4.96. The van der Waals surface area contributed by atoms with Gasteiger partial charge in [0.25, 0.3) is 5.56 Å². The van der Waals surface area contributed by atoms with E-state index in [1.165, 1.54) is 18.4 Å². The van der Waals surface area contributed by atoms with Crippen molar-refractivity contribution in [2.45, 2.75) is 18.8 Å². The number of nitrogens with one attached hydrogen (secondary N) is 1. The molecule has 0 atom stereocenters. The lowest BCUT2D eigenvalue weighted by atomic mass is 10.1. The van der Waals surface area contributed by atoms with Crippen LogP contribution in [0.2, 0.25) is 0 Å². The summed E-state index contributed by atoms with van der Waals surface area (Å²) in [5.74, 6) is 0.707. The molecule has 70 valence electrons. The summed E-state index contributed by atoms with van der Waals surface area (Å²) < 4.78 is 0. The number of aromatic nitrogens is 1. The van der Waals surface area contributed by atoms with Crippen LogP contribution in [0, 0.1) is 0 Å². The van der Waals surface area contributed by atoms with E-state index < -0.39 is 0 Å². The predicted octanol–water partition coefficient (Wildman–Crippen LogP) is 2.41. The zero-order chi connectivity index (χ0) is 9.54. The van der Waals surface area contributed by atoms with Gasteiger partial charge in [-0.3, -0.25) is 4.79 Å². The van der Waals surface area contributed by atoms with Crippen LogP contribution >= 0.6 is 0 Å². The molecule has 1 fully saturated rings. The van der Waals surface area contributed by atoms with Gasteiger partial charge >= 0.3 is 0 Å². The lowest BCUT2D eigenvalue weighted by Gasteiger charge is -2.00. The Morgan fingerprint density at radius 1 is 1.21 bits per heavy atom. The molecule has 0 amide bonds. The number of pyridine rings is 1. The number of fused-ring (bicyclic) bond motifs is 1. The SMILES string of the molecule is O=c1[nH]ccc2ccc(C3CC3)cc12. The third kappa shape index (κ3) is 1.15. The molecule has 3 rings (SSSR count). The van der Waals surface area contributed by atoms with E-state index in [1.807, 2.05) is 18.2 Å². The van der Waals surface area contributed by atoms with Gasteiger partial charge in [0, 0.05) is 11.6 Å². The zero-order valence-corrected chi connectivity index (χ0v) is 7.79. The molecular weight excluding hydrogens is 174 g/mol. The molecule has 14 heavy (non-hydrogen) atoms. The molecule has 1 aliphatic carbocycles. The maximum Gasteiger partial charge on any atom is 0.255 e. The first-order valence-corrected chi connectivity index (χ1v) is 4.96. The first-order chi connectivity index (χ1) is 6.84. The van der Waals surface area contributed by atoms with Crippen LogP contribution in [0.5, 0.6) is 0 Å². The Morgan fingerprint density at radius 2 is 2.07 bits per heavy atom. The number of aromatic amines is 1. The van der Waals surface area contributed by atoms with Gasteiger partial charge in [-0.15, -0.1) is 0 Å². The Morgan fingerprint density at radius 3 is 2.86 bits per heavy atom. The summed E-state index contributed by atoms with van der Waals surface area (Å²) in [5.41, 5.74) is 1.33. The van der Waals surface area contributed by atoms with Crippen molar-refractivity contribution in [2.24, 2.45) is 0 Å². The molecule has 1 saturated carbocycles. The van der Waals surface area contributed by atoms with Crippen LogP contribution in [0.1, 0.15) is 24.3 Å². The standard InChI is InChI=1S/C12H11NO/c14-12-11-7-10(8-1-2-8)4-3-9(11)5-6-13-12/h3-8H,1-2H2,(H,13,14). The molecule has 0 saturated heterocycles. The second kappa shape index (κ2) is 2.71. The van der Waals surface area contributed by atoms with E-state index in [0.29, 0.717) is 5.92 Å². The largest absolute Gasteiger partial charge is 0.329 e. The minimum atomic E-state index is 0.0185. The minimum absolute atomic E-state index is 0.0185. The molecule has 0 aliphatic heterocycles. The minimum Gasteiger partial charge on any atom is -0.329 e. The average Bonchev–Trinajstić information content (AvgIpc) is 3.01. The number of H-pyrrole nitrogens is 1. The molecule has 0 unspecified atom stereocenters. The molecule has 1 N–H and O–H groups in total. The summed E-state index contributed by atoms with van der Waals surface area (Å²) in [6.45, 7) is 0. The molecule has 1 aromatic heterocycles. The van der Waals surface area contributed by atoms with Crippen molar-refractivity contribution < 1.29 is 0 Å². The highest BCUT2D eigenvalue weighted by Gasteiger charge is 2.23. The lowest BCUT2D eigenvalue weighted by Crippen LogP contribution is -2.04. The Labute approximate surface area is 81.6 Å². The lowest BCUT2D eigenvalue weighted by molar-refractivity contribution is 1.13. The normalized spacial score (nSPS) is 16.0. The molecule has 1 aromatic carbocycles. The van der Waals surface area contributed by atoms with Gasteiger partial charge in [0.05, 0.1) is 0 Å². The van der Waals surface area contributed by atoms with Gasteiger partial charge in [-0.05, 0) is 41.8 Å². The van der Waals surface area contributed by atoms with Crippen molar-refractivity contribution in [2.75, 3.05) is 0 Å². The number of hydrogen-bond acceptors (Lipinski definition) is 1. The van der Waals surface area contributed by atoms with Crippen LogP contribution in [0.25, 0.3) is 10.8 Å². The molecule has 0 radical (unpaired) electrons. The number of benzene rings is 1. The molecule has 2 heteroatoms. The highest BCUT2D eigenvalue weighted by molar-refractivity contribution is 5.82. The summed E-state index contributed by atoms with van der Waals surface area (Å²) >= 11 is 0. The predicted molar refractivity (Wildman–Crippen MR) is 56.5 cm³/mol. The quantitative estimate of drug-likeness (QED) is 0.727. The molecule has 1 heterocycles. The van der Waals surface area contributed by atoms with Crippen molar-refractivity contribution in [1.29, 1.82) is 0 Å². The van der Waals surface area contributed by atoms with Gasteiger partial charge in [-0.2, -0.15) is 0 Å². The van der Waals surface area contributed by atoms with Crippen molar-refractivity contribution >= 4 is 10.8 Å². The molecular formula is C12H11NO. The Balaban J connectivity index is 2.30. The van der Waals surface area contributed by atoms with E-state index in [9.17, 15) is 4.79 Å². The third-order valence-corrected chi connectivity index (χ3v) is 2.85. The second-order valence-electron chi connectivity index (χ2n) is 3.93. The first kappa shape index (κ1) is 7.80. The summed E-state index contributed by atoms with van der Waals surface area (Å²) in [5, 5.41) is 1.84. The summed E-state index contributed by atoms with van der Waals surface area (Å²) in [4.78, 5) is 14.2. The molecule has 1 aliphatic rings. The summed E-state index contributed by atoms with van der Waals surface area (Å²) in [6, 6.07) is 8.15. The Kier molecular flexibility index (Phi) is 1.51. The van der Waals surface area contributed by atoms with Gasteiger partial charge in [0.2, 0.25) is 0 Å². The maximum absolute atomic E-state index is 11.5. The van der Waals surface area contributed by atoms with E-state index in [2.05, 4.69) is 11.1 Å². The van der Waals surface area contributed by atoms with E-state index in [4.69, 9.17) is 0 Å². The van der Waals surface area contributed by atoms with E-state index in [0.717, 1.165) is 10.8 Å². The number of hydrogen-bond donors (Lipinski definition) is 1. The average molecular weight is 185 g/mol. The van der Waals surface area contributed by atoms with Crippen LogP contribution in [0.3, 0.4) is 0 Å². The maximum atomic E-state index is 11.5. The van der Waals surface area contributed by atoms with Crippen molar-refractivity contribution in [3.8, 4) is 0 Å². The van der Waals surface area contributed by atoms with Crippen LogP contribution in [0.4, 0.5) is 0 Å². The topological polar surface area (TPSA) is 32.9 Å². The fourth-order valence-corrected chi connectivity index (χ4v) is 1.87. The Hall–Kier alpha value is -1.57. The van der Waals surface area contributed by atoms with Crippen molar-refractivity contribution in [3.05, 3.63) is 46.4 Å². The van der Waals surface area contributed by atoms with Gasteiger partial charge in [0.15, 0.2) is 0 Å². The monoisotopic (exact) mass is 185 g/mol. The second-order valence-corrected chi connectivity index (χ2v) is 3.93. The fraction of sp³-hybridized carbons (Fsp3) is 0.250. The number of rotatable bonds is 1. The highest BCUT2D eigenvalue weighted by Crippen LogP contribution is 2.40. The molecule has 0 spiro atoms. The smallest absolute Gasteiger partial charge is 0.255 e. The van der Waals surface area contributed by atoms with E-state index in [1.54, 1.807) is 6.20 Å². The van der Waals surface area contributed by atoms with E-state index in [-0.39, 0.29) is 5.56 Å².